The Kier molecular flexibility index (Phi) is 6.45. The molecule has 0 fully saturated rings. The molecule has 142 valence electrons. The Balaban J connectivity index is 1.68. The molecule has 0 heterocycles. The van der Waals surface area contributed by atoms with Gasteiger partial charge in [0.25, 0.3) is 0 Å². The Labute approximate surface area is 169 Å². The molecule has 0 aliphatic carbocycles. The Morgan fingerprint density at radius 2 is 1.43 bits per heavy atom. The van der Waals surface area contributed by atoms with Gasteiger partial charge in [0.05, 0.1) is 0 Å². The minimum Gasteiger partial charge on any atom is -0.326 e. The molecule has 0 bridgehead atoms. The average Bonchev–Trinajstić information content (AvgIpc) is 2.71. The highest BCUT2D eigenvalue weighted by Gasteiger charge is 2.18. The highest BCUT2D eigenvalue weighted by Crippen LogP contribution is 2.26. The molecule has 0 saturated carbocycles. The van der Waals surface area contributed by atoms with Gasteiger partial charge in [-0.1, -0.05) is 54.1 Å². The van der Waals surface area contributed by atoms with Crippen molar-refractivity contribution in [1.29, 1.82) is 0 Å². The second kappa shape index (κ2) is 9.20. The van der Waals surface area contributed by atoms with Crippen LogP contribution >= 0.6 is 11.6 Å². The Bertz CT molecular complexity index is 919. The zero-order valence-electron chi connectivity index (χ0n) is 15.6. The number of aryl methyl sites for hydroxylation is 1. The quantitative estimate of drug-likeness (QED) is 0.582. The van der Waals surface area contributed by atoms with Crippen molar-refractivity contribution in [1.82, 2.24) is 0 Å². The van der Waals surface area contributed by atoms with E-state index in [9.17, 15) is 9.59 Å². The van der Waals surface area contributed by atoms with Crippen LogP contribution in [0.2, 0.25) is 5.02 Å². The standard InChI is InChI=1S/C23H21ClN2O2/c1-17-12-13-18(16-21(17)24)25-22(27)14-15-23(28)26(19-8-4-2-5-9-19)20-10-6-3-7-11-20/h2-13,16H,14-15H2,1H3,(H,25,27). The lowest BCUT2D eigenvalue weighted by atomic mass is 10.2. The van der Waals surface area contributed by atoms with Crippen LogP contribution in [0.1, 0.15) is 18.4 Å². The first-order chi connectivity index (χ1) is 13.5. The summed E-state index contributed by atoms with van der Waals surface area (Å²) >= 11 is 6.09. The number of carbonyl (C=O) groups excluding carboxylic acids is 2. The van der Waals surface area contributed by atoms with E-state index in [1.807, 2.05) is 73.7 Å². The van der Waals surface area contributed by atoms with Crippen LogP contribution in [0, 0.1) is 6.92 Å². The van der Waals surface area contributed by atoms with Crippen LogP contribution in [0.4, 0.5) is 17.1 Å². The van der Waals surface area contributed by atoms with Crippen LogP contribution in [0.5, 0.6) is 0 Å². The number of hydrogen-bond acceptors (Lipinski definition) is 2. The molecule has 0 aliphatic heterocycles. The summed E-state index contributed by atoms with van der Waals surface area (Å²) in [5.41, 5.74) is 3.10. The summed E-state index contributed by atoms with van der Waals surface area (Å²) < 4.78 is 0. The summed E-state index contributed by atoms with van der Waals surface area (Å²) in [5, 5.41) is 3.38. The monoisotopic (exact) mass is 392 g/mol. The largest absolute Gasteiger partial charge is 0.326 e. The Hall–Kier alpha value is -3.11. The fourth-order valence-electron chi connectivity index (χ4n) is 2.82. The third kappa shape index (κ3) is 4.99. The van der Waals surface area contributed by atoms with E-state index < -0.39 is 0 Å². The number of carbonyl (C=O) groups is 2. The van der Waals surface area contributed by atoms with E-state index in [4.69, 9.17) is 11.6 Å². The molecule has 1 N–H and O–H groups in total. The molecule has 0 saturated heterocycles. The van der Waals surface area contributed by atoms with Crippen LogP contribution in [0.15, 0.2) is 78.9 Å². The van der Waals surface area contributed by atoms with Crippen molar-refractivity contribution >= 4 is 40.5 Å². The van der Waals surface area contributed by atoms with Crippen molar-refractivity contribution in [2.45, 2.75) is 19.8 Å². The lowest BCUT2D eigenvalue weighted by molar-refractivity contribution is -0.122. The highest BCUT2D eigenvalue weighted by atomic mass is 35.5. The lowest BCUT2D eigenvalue weighted by Gasteiger charge is -2.23. The number of hydrogen-bond donors (Lipinski definition) is 1. The summed E-state index contributed by atoms with van der Waals surface area (Å²) in [6, 6.07) is 24.2. The van der Waals surface area contributed by atoms with Crippen molar-refractivity contribution in [3.8, 4) is 0 Å². The van der Waals surface area contributed by atoms with E-state index in [2.05, 4.69) is 5.32 Å². The van der Waals surface area contributed by atoms with Crippen molar-refractivity contribution in [2.24, 2.45) is 0 Å². The predicted octanol–water partition coefficient (Wildman–Crippen LogP) is 5.73. The van der Waals surface area contributed by atoms with Gasteiger partial charge in [-0.25, -0.2) is 0 Å². The van der Waals surface area contributed by atoms with Gasteiger partial charge >= 0.3 is 0 Å². The van der Waals surface area contributed by atoms with Gasteiger partial charge in [0, 0.05) is 34.9 Å². The molecule has 0 radical (unpaired) electrons. The molecule has 0 unspecified atom stereocenters. The Morgan fingerprint density at radius 1 is 0.857 bits per heavy atom. The smallest absolute Gasteiger partial charge is 0.232 e. The molecule has 3 rings (SSSR count). The number of benzene rings is 3. The van der Waals surface area contributed by atoms with Crippen molar-refractivity contribution < 1.29 is 9.59 Å². The van der Waals surface area contributed by atoms with Gasteiger partial charge < -0.3 is 5.32 Å². The van der Waals surface area contributed by atoms with Crippen LogP contribution in [0.25, 0.3) is 0 Å². The molecule has 3 aromatic carbocycles. The van der Waals surface area contributed by atoms with Crippen molar-refractivity contribution in [3.05, 3.63) is 89.4 Å². The van der Waals surface area contributed by atoms with Gasteiger partial charge in [-0.05, 0) is 48.9 Å². The molecular formula is C23H21ClN2O2. The third-order valence-corrected chi connectivity index (χ3v) is 4.71. The van der Waals surface area contributed by atoms with E-state index in [1.54, 1.807) is 17.0 Å². The lowest BCUT2D eigenvalue weighted by Crippen LogP contribution is -2.27. The van der Waals surface area contributed by atoms with Crippen molar-refractivity contribution in [3.63, 3.8) is 0 Å². The highest BCUT2D eigenvalue weighted by molar-refractivity contribution is 6.31. The Morgan fingerprint density at radius 3 is 1.96 bits per heavy atom. The first kappa shape index (κ1) is 19.6. The maximum Gasteiger partial charge on any atom is 0.232 e. The molecule has 0 atom stereocenters. The van der Waals surface area contributed by atoms with E-state index in [1.165, 1.54) is 0 Å². The van der Waals surface area contributed by atoms with Gasteiger partial charge in [0.2, 0.25) is 11.8 Å². The first-order valence-corrected chi connectivity index (χ1v) is 9.41. The second-order valence-electron chi connectivity index (χ2n) is 6.41. The molecule has 0 aromatic heterocycles. The molecule has 3 aromatic rings. The number of nitrogens with zero attached hydrogens (tertiary/aromatic N) is 1. The van der Waals surface area contributed by atoms with E-state index in [-0.39, 0.29) is 24.7 Å². The number of nitrogens with one attached hydrogen (secondary N) is 1. The molecule has 0 spiro atoms. The zero-order valence-corrected chi connectivity index (χ0v) is 16.3. The third-order valence-electron chi connectivity index (χ3n) is 4.30. The van der Waals surface area contributed by atoms with E-state index in [0.717, 1.165) is 16.9 Å². The summed E-state index contributed by atoms with van der Waals surface area (Å²) in [5.74, 6) is -0.371. The maximum atomic E-state index is 12.9. The number of rotatable bonds is 6. The fraction of sp³-hybridized carbons (Fsp3) is 0.130. The van der Waals surface area contributed by atoms with Crippen LogP contribution in [-0.4, -0.2) is 11.8 Å². The number of anilines is 3. The van der Waals surface area contributed by atoms with Gasteiger partial charge in [0.15, 0.2) is 0 Å². The maximum absolute atomic E-state index is 12.9. The van der Waals surface area contributed by atoms with Crippen LogP contribution in [-0.2, 0) is 9.59 Å². The number of amides is 2. The SMILES string of the molecule is Cc1ccc(NC(=O)CCC(=O)N(c2ccccc2)c2ccccc2)cc1Cl. The minimum atomic E-state index is -0.227. The normalized spacial score (nSPS) is 10.4. The summed E-state index contributed by atoms with van der Waals surface area (Å²) in [7, 11) is 0. The topological polar surface area (TPSA) is 49.4 Å². The molecule has 2 amide bonds. The van der Waals surface area contributed by atoms with E-state index in [0.29, 0.717) is 10.7 Å². The van der Waals surface area contributed by atoms with Gasteiger partial charge in [-0.15, -0.1) is 0 Å². The van der Waals surface area contributed by atoms with Crippen LogP contribution < -0.4 is 10.2 Å². The fourth-order valence-corrected chi connectivity index (χ4v) is 3.00. The van der Waals surface area contributed by atoms with Gasteiger partial charge in [-0.2, -0.15) is 0 Å². The first-order valence-electron chi connectivity index (χ1n) is 9.03. The van der Waals surface area contributed by atoms with Gasteiger partial charge in [0.1, 0.15) is 0 Å². The predicted molar refractivity (Wildman–Crippen MR) is 114 cm³/mol. The number of para-hydroxylation sites is 2. The zero-order chi connectivity index (χ0) is 19.9. The summed E-state index contributed by atoms with van der Waals surface area (Å²) in [6.45, 7) is 1.90. The molecular weight excluding hydrogens is 372 g/mol. The molecule has 4 nitrogen and oxygen atoms in total. The van der Waals surface area contributed by atoms with Crippen molar-refractivity contribution in [2.75, 3.05) is 10.2 Å². The number of halogens is 1. The van der Waals surface area contributed by atoms with Gasteiger partial charge in [-0.3, -0.25) is 14.5 Å². The summed E-state index contributed by atoms with van der Waals surface area (Å²) in [4.78, 5) is 26.8. The van der Waals surface area contributed by atoms with E-state index >= 15 is 0 Å². The average molecular weight is 393 g/mol. The molecule has 5 heteroatoms. The van der Waals surface area contributed by atoms with Crippen LogP contribution in [0.3, 0.4) is 0 Å². The molecule has 28 heavy (non-hydrogen) atoms. The minimum absolute atomic E-state index is 0.0838. The second-order valence-corrected chi connectivity index (χ2v) is 6.82. The molecule has 0 aliphatic rings. The summed E-state index contributed by atoms with van der Waals surface area (Å²) in [6.07, 6.45) is 0.176.